The number of carboxylic acids is 1. The van der Waals surface area contributed by atoms with E-state index in [1.807, 2.05) is 0 Å². The van der Waals surface area contributed by atoms with Crippen LogP contribution in [0.1, 0.15) is 19.4 Å². The standard InChI is InChI=1S/C12H15F2NO2S/c1-12(2,10(15)11(16)17)18-6-7-3-4-8(13)5-9(7)14/h3-5,10H,6,15H2,1-2H3,(H,16,17)/t10-/m1/s1. The largest absolute Gasteiger partial charge is 0.480 e. The van der Waals surface area contributed by atoms with Crippen LogP contribution in [0, 0.1) is 11.6 Å². The highest BCUT2D eigenvalue weighted by molar-refractivity contribution is 7.99. The smallest absolute Gasteiger partial charge is 0.321 e. The minimum absolute atomic E-state index is 0.236. The molecule has 0 heterocycles. The van der Waals surface area contributed by atoms with Gasteiger partial charge in [-0.1, -0.05) is 6.07 Å². The first-order valence-corrected chi connectivity index (χ1v) is 6.29. The van der Waals surface area contributed by atoms with Gasteiger partial charge in [0.05, 0.1) is 0 Å². The quantitative estimate of drug-likeness (QED) is 0.866. The lowest BCUT2D eigenvalue weighted by Gasteiger charge is -2.28. The van der Waals surface area contributed by atoms with E-state index in [0.29, 0.717) is 5.56 Å². The molecule has 1 aromatic rings. The number of nitrogens with two attached hydrogens (primary N) is 1. The summed E-state index contributed by atoms with van der Waals surface area (Å²) in [7, 11) is 0. The zero-order valence-electron chi connectivity index (χ0n) is 10.1. The molecular formula is C12H15F2NO2S. The Bertz CT molecular complexity index is 452. The van der Waals surface area contributed by atoms with Crippen LogP contribution in [0.4, 0.5) is 8.78 Å². The summed E-state index contributed by atoms with van der Waals surface area (Å²) in [5.74, 6) is -2.14. The lowest BCUT2D eigenvalue weighted by atomic mass is 10.1. The van der Waals surface area contributed by atoms with Crippen molar-refractivity contribution in [3.8, 4) is 0 Å². The summed E-state index contributed by atoms with van der Waals surface area (Å²) in [6.45, 7) is 3.36. The van der Waals surface area contributed by atoms with Gasteiger partial charge < -0.3 is 10.8 Å². The van der Waals surface area contributed by atoms with Crippen molar-refractivity contribution in [2.45, 2.75) is 30.4 Å². The van der Waals surface area contributed by atoms with Crippen LogP contribution in [0.5, 0.6) is 0 Å². The molecule has 0 aliphatic rings. The number of halogens is 2. The summed E-state index contributed by atoms with van der Waals surface area (Å²) in [6.07, 6.45) is 0. The second kappa shape index (κ2) is 5.67. The van der Waals surface area contributed by atoms with E-state index in [9.17, 15) is 13.6 Å². The number of hydrogen-bond donors (Lipinski definition) is 2. The van der Waals surface area contributed by atoms with Crippen molar-refractivity contribution in [1.82, 2.24) is 0 Å². The van der Waals surface area contributed by atoms with Crippen molar-refractivity contribution in [1.29, 1.82) is 0 Å². The van der Waals surface area contributed by atoms with E-state index in [-0.39, 0.29) is 5.75 Å². The lowest BCUT2D eigenvalue weighted by molar-refractivity contribution is -0.139. The van der Waals surface area contributed by atoms with Crippen LogP contribution in [-0.2, 0) is 10.5 Å². The van der Waals surface area contributed by atoms with Crippen LogP contribution in [0.3, 0.4) is 0 Å². The Hall–Kier alpha value is -1.14. The second-order valence-electron chi connectivity index (χ2n) is 4.44. The molecule has 1 rings (SSSR count). The van der Waals surface area contributed by atoms with Crippen LogP contribution in [-0.4, -0.2) is 21.9 Å². The Morgan fingerprint density at radius 1 is 1.50 bits per heavy atom. The fourth-order valence-electron chi connectivity index (χ4n) is 1.29. The van der Waals surface area contributed by atoms with E-state index < -0.39 is 28.4 Å². The Balaban J connectivity index is 2.72. The van der Waals surface area contributed by atoms with Gasteiger partial charge in [-0.2, -0.15) is 0 Å². The van der Waals surface area contributed by atoms with Gasteiger partial charge >= 0.3 is 5.97 Å². The van der Waals surface area contributed by atoms with Crippen LogP contribution >= 0.6 is 11.8 Å². The van der Waals surface area contributed by atoms with Gasteiger partial charge in [0.1, 0.15) is 17.7 Å². The zero-order valence-corrected chi connectivity index (χ0v) is 10.9. The number of thioether (sulfide) groups is 1. The zero-order chi connectivity index (χ0) is 13.9. The van der Waals surface area contributed by atoms with Gasteiger partial charge in [-0.15, -0.1) is 11.8 Å². The van der Waals surface area contributed by atoms with Gasteiger partial charge in [0.2, 0.25) is 0 Å². The number of rotatable bonds is 5. The number of aliphatic carboxylic acids is 1. The molecule has 0 amide bonds. The molecule has 0 fully saturated rings. The molecule has 3 nitrogen and oxygen atoms in total. The maximum Gasteiger partial charge on any atom is 0.321 e. The molecule has 0 saturated carbocycles. The Labute approximate surface area is 108 Å². The summed E-state index contributed by atoms with van der Waals surface area (Å²) in [5.41, 5.74) is 5.87. The van der Waals surface area contributed by atoms with Gasteiger partial charge in [-0.25, -0.2) is 8.78 Å². The van der Waals surface area contributed by atoms with Crippen LogP contribution in [0.25, 0.3) is 0 Å². The molecule has 0 aromatic heterocycles. The highest BCUT2D eigenvalue weighted by Crippen LogP contribution is 2.31. The molecule has 1 atom stereocenters. The van der Waals surface area contributed by atoms with E-state index in [1.54, 1.807) is 13.8 Å². The van der Waals surface area contributed by atoms with Gasteiger partial charge in [-0.3, -0.25) is 4.79 Å². The van der Waals surface area contributed by atoms with E-state index >= 15 is 0 Å². The summed E-state index contributed by atoms with van der Waals surface area (Å²) < 4.78 is 25.4. The minimum atomic E-state index is -1.10. The molecule has 0 saturated heterocycles. The van der Waals surface area contributed by atoms with Crippen molar-refractivity contribution in [3.63, 3.8) is 0 Å². The van der Waals surface area contributed by atoms with Crippen LogP contribution in [0.15, 0.2) is 18.2 Å². The molecule has 0 aliphatic heterocycles. The molecule has 0 bridgehead atoms. The molecule has 3 N–H and O–H groups in total. The topological polar surface area (TPSA) is 63.3 Å². The highest BCUT2D eigenvalue weighted by atomic mass is 32.2. The summed E-state index contributed by atoms with van der Waals surface area (Å²) >= 11 is 1.22. The van der Waals surface area contributed by atoms with E-state index in [1.165, 1.54) is 23.9 Å². The molecular weight excluding hydrogens is 260 g/mol. The van der Waals surface area contributed by atoms with E-state index in [0.717, 1.165) is 6.07 Å². The lowest BCUT2D eigenvalue weighted by Crippen LogP contribution is -2.46. The Morgan fingerprint density at radius 3 is 2.61 bits per heavy atom. The maximum absolute atomic E-state index is 13.4. The summed E-state index contributed by atoms with van der Waals surface area (Å²) in [4.78, 5) is 10.8. The molecule has 0 aliphatic carbocycles. The van der Waals surface area contributed by atoms with Gasteiger partial charge in [0.25, 0.3) is 0 Å². The predicted octanol–water partition coefficient (Wildman–Crippen LogP) is 2.39. The first-order chi connectivity index (χ1) is 8.24. The van der Waals surface area contributed by atoms with Crippen molar-refractivity contribution in [2.24, 2.45) is 5.73 Å². The monoisotopic (exact) mass is 275 g/mol. The number of carboxylic acid groups (broad SMARTS) is 1. The minimum Gasteiger partial charge on any atom is -0.480 e. The fourth-order valence-corrected chi connectivity index (χ4v) is 2.33. The third kappa shape index (κ3) is 3.68. The summed E-state index contributed by atoms with van der Waals surface area (Å²) in [6, 6.07) is 2.27. The first kappa shape index (κ1) is 14.9. The average molecular weight is 275 g/mol. The van der Waals surface area contributed by atoms with Gasteiger partial charge in [0, 0.05) is 16.6 Å². The fraction of sp³-hybridized carbons (Fsp3) is 0.417. The molecule has 0 spiro atoms. The summed E-state index contributed by atoms with van der Waals surface area (Å²) in [5, 5.41) is 8.84. The molecule has 1 aromatic carbocycles. The third-order valence-electron chi connectivity index (χ3n) is 2.63. The third-order valence-corrected chi connectivity index (χ3v) is 4.08. The second-order valence-corrected chi connectivity index (χ2v) is 6.07. The number of benzene rings is 1. The molecule has 6 heteroatoms. The van der Waals surface area contributed by atoms with Crippen LogP contribution < -0.4 is 5.73 Å². The molecule has 0 radical (unpaired) electrons. The number of hydrogen-bond acceptors (Lipinski definition) is 3. The Kier molecular flexibility index (Phi) is 4.70. The average Bonchev–Trinajstić information content (AvgIpc) is 2.26. The van der Waals surface area contributed by atoms with E-state index in [2.05, 4.69) is 0 Å². The molecule has 0 unspecified atom stereocenters. The van der Waals surface area contributed by atoms with Crippen molar-refractivity contribution in [2.75, 3.05) is 0 Å². The molecule has 100 valence electrons. The van der Waals surface area contributed by atoms with Crippen LogP contribution in [0.2, 0.25) is 0 Å². The number of carbonyl (C=O) groups is 1. The molecule has 18 heavy (non-hydrogen) atoms. The highest BCUT2D eigenvalue weighted by Gasteiger charge is 2.32. The van der Waals surface area contributed by atoms with Gasteiger partial charge in [0.15, 0.2) is 0 Å². The maximum atomic E-state index is 13.4. The SMILES string of the molecule is CC(C)(SCc1ccc(F)cc1F)[C@H](N)C(=O)O. The Morgan fingerprint density at radius 2 is 2.11 bits per heavy atom. The van der Waals surface area contributed by atoms with Crippen molar-refractivity contribution >= 4 is 17.7 Å². The van der Waals surface area contributed by atoms with E-state index in [4.69, 9.17) is 10.8 Å². The van der Waals surface area contributed by atoms with Crippen molar-refractivity contribution < 1.29 is 18.7 Å². The normalized spacial score (nSPS) is 13.4. The predicted molar refractivity (Wildman–Crippen MR) is 67.3 cm³/mol. The van der Waals surface area contributed by atoms with Crippen molar-refractivity contribution in [3.05, 3.63) is 35.4 Å². The first-order valence-electron chi connectivity index (χ1n) is 5.30. The van der Waals surface area contributed by atoms with Gasteiger partial charge in [-0.05, 0) is 25.5 Å².